The van der Waals surface area contributed by atoms with Crippen molar-refractivity contribution in [2.45, 2.75) is 63.1 Å². The predicted octanol–water partition coefficient (Wildman–Crippen LogP) is 1.69. The Morgan fingerprint density at radius 1 is 1.28 bits per heavy atom. The van der Waals surface area contributed by atoms with E-state index in [0.29, 0.717) is 12.1 Å². The molecule has 18 heavy (non-hydrogen) atoms. The van der Waals surface area contributed by atoms with Gasteiger partial charge < -0.3 is 10.4 Å². The maximum absolute atomic E-state index is 9.55. The van der Waals surface area contributed by atoms with Gasteiger partial charge in [0.25, 0.3) is 0 Å². The second kappa shape index (κ2) is 5.02. The molecule has 100 valence electrons. The van der Waals surface area contributed by atoms with Crippen LogP contribution in [-0.4, -0.2) is 27.0 Å². The fraction of sp³-hybridized carbons (Fsp3) is 0.786. The SMILES string of the molecule is Cn1ncc2c1CCCC2NC1CCC(O)CC1. The van der Waals surface area contributed by atoms with Crippen molar-refractivity contribution in [3.05, 3.63) is 17.5 Å². The first-order valence-electron chi connectivity index (χ1n) is 7.19. The number of rotatable bonds is 2. The highest BCUT2D eigenvalue weighted by atomic mass is 16.3. The lowest BCUT2D eigenvalue weighted by Gasteiger charge is -2.32. The average molecular weight is 249 g/mol. The summed E-state index contributed by atoms with van der Waals surface area (Å²) in [5.41, 5.74) is 2.80. The van der Waals surface area contributed by atoms with Crippen LogP contribution in [0.2, 0.25) is 0 Å². The van der Waals surface area contributed by atoms with Crippen LogP contribution in [0.25, 0.3) is 0 Å². The maximum atomic E-state index is 9.55. The Morgan fingerprint density at radius 2 is 2.06 bits per heavy atom. The predicted molar refractivity (Wildman–Crippen MR) is 70.3 cm³/mol. The normalized spacial score (nSPS) is 32.2. The molecule has 1 heterocycles. The van der Waals surface area contributed by atoms with E-state index < -0.39 is 0 Å². The molecule has 0 spiro atoms. The molecule has 4 nitrogen and oxygen atoms in total. The summed E-state index contributed by atoms with van der Waals surface area (Å²) in [7, 11) is 2.04. The van der Waals surface area contributed by atoms with Crippen molar-refractivity contribution >= 4 is 0 Å². The third kappa shape index (κ3) is 2.31. The van der Waals surface area contributed by atoms with Crippen LogP contribution in [0.5, 0.6) is 0 Å². The van der Waals surface area contributed by atoms with Crippen molar-refractivity contribution in [1.82, 2.24) is 15.1 Å². The number of nitrogens with zero attached hydrogens (tertiary/aromatic N) is 2. The first-order valence-corrected chi connectivity index (χ1v) is 7.19. The van der Waals surface area contributed by atoms with Gasteiger partial charge in [-0.1, -0.05) is 0 Å². The van der Waals surface area contributed by atoms with Gasteiger partial charge in [0.1, 0.15) is 0 Å². The zero-order valence-corrected chi connectivity index (χ0v) is 11.1. The van der Waals surface area contributed by atoms with Gasteiger partial charge in [-0.2, -0.15) is 5.10 Å². The number of aliphatic hydroxyl groups is 1. The molecular formula is C14H23N3O. The van der Waals surface area contributed by atoms with Crippen LogP contribution in [-0.2, 0) is 13.5 Å². The number of fused-ring (bicyclic) bond motifs is 1. The molecule has 0 aliphatic heterocycles. The molecule has 1 saturated carbocycles. The van der Waals surface area contributed by atoms with E-state index in [1.807, 2.05) is 17.9 Å². The molecule has 0 saturated heterocycles. The van der Waals surface area contributed by atoms with Crippen molar-refractivity contribution in [3.8, 4) is 0 Å². The summed E-state index contributed by atoms with van der Waals surface area (Å²) in [5, 5.41) is 17.7. The van der Waals surface area contributed by atoms with Crippen LogP contribution in [0.15, 0.2) is 6.20 Å². The van der Waals surface area contributed by atoms with Crippen molar-refractivity contribution in [2.24, 2.45) is 7.05 Å². The third-order valence-electron chi connectivity index (χ3n) is 4.51. The number of hydrogen-bond donors (Lipinski definition) is 2. The molecule has 2 aliphatic carbocycles. The number of hydrogen-bond acceptors (Lipinski definition) is 3. The lowest BCUT2D eigenvalue weighted by Crippen LogP contribution is -2.38. The first kappa shape index (κ1) is 12.2. The quantitative estimate of drug-likeness (QED) is 0.838. The average Bonchev–Trinajstić information content (AvgIpc) is 2.76. The summed E-state index contributed by atoms with van der Waals surface area (Å²) in [6, 6.07) is 1.05. The summed E-state index contributed by atoms with van der Waals surface area (Å²) in [4.78, 5) is 0. The zero-order chi connectivity index (χ0) is 12.5. The molecule has 0 amide bonds. The Labute approximate surface area is 108 Å². The summed E-state index contributed by atoms with van der Waals surface area (Å²) in [5.74, 6) is 0. The standard InChI is InChI=1S/C14H23N3O/c1-17-14-4-2-3-13(12(14)9-15-17)16-10-5-7-11(18)8-6-10/h9-11,13,16,18H,2-8H2,1H3. The summed E-state index contributed by atoms with van der Waals surface area (Å²) in [6.07, 6.45) is 9.70. The maximum Gasteiger partial charge on any atom is 0.0541 e. The number of aliphatic hydroxyl groups excluding tert-OH is 1. The Morgan fingerprint density at radius 3 is 2.83 bits per heavy atom. The molecule has 1 aromatic heterocycles. The van der Waals surface area contributed by atoms with Crippen LogP contribution >= 0.6 is 0 Å². The third-order valence-corrected chi connectivity index (χ3v) is 4.51. The van der Waals surface area contributed by atoms with Crippen LogP contribution in [0.4, 0.5) is 0 Å². The number of aryl methyl sites for hydroxylation is 1. The van der Waals surface area contributed by atoms with Gasteiger partial charge in [0.2, 0.25) is 0 Å². The van der Waals surface area contributed by atoms with Crippen LogP contribution in [0.3, 0.4) is 0 Å². The second-order valence-electron chi connectivity index (χ2n) is 5.79. The molecule has 1 fully saturated rings. The van der Waals surface area contributed by atoms with E-state index in [1.165, 1.54) is 24.1 Å². The Balaban J connectivity index is 1.67. The van der Waals surface area contributed by atoms with Crippen LogP contribution in [0.1, 0.15) is 55.8 Å². The van der Waals surface area contributed by atoms with E-state index in [-0.39, 0.29) is 6.10 Å². The van der Waals surface area contributed by atoms with Gasteiger partial charge in [0.05, 0.1) is 12.3 Å². The lowest BCUT2D eigenvalue weighted by atomic mass is 9.88. The molecule has 2 N–H and O–H groups in total. The van der Waals surface area contributed by atoms with Gasteiger partial charge in [-0.25, -0.2) is 0 Å². The van der Waals surface area contributed by atoms with Gasteiger partial charge in [0.15, 0.2) is 0 Å². The van der Waals surface area contributed by atoms with Crippen molar-refractivity contribution in [3.63, 3.8) is 0 Å². The smallest absolute Gasteiger partial charge is 0.0541 e. The topological polar surface area (TPSA) is 50.1 Å². The molecule has 0 bridgehead atoms. The summed E-state index contributed by atoms with van der Waals surface area (Å²) < 4.78 is 2.02. The van der Waals surface area contributed by atoms with Crippen LogP contribution < -0.4 is 5.32 Å². The fourth-order valence-corrected chi connectivity index (χ4v) is 3.41. The van der Waals surface area contributed by atoms with E-state index in [2.05, 4.69) is 10.4 Å². The highest BCUT2D eigenvalue weighted by Crippen LogP contribution is 2.31. The molecule has 4 heteroatoms. The van der Waals surface area contributed by atoms with Gasteiger partial charge in [-0.3, -0.25) is 4.68 Å². The zero-order valence-electron chi connectivity index (χ0n) is 11.1. The number of nitrogens with one attached hydrogen (secondary N) is 1. The van der Waals surface area contributed by atoms with E-state index in [9.17, 15) is 5.11 Å². The van der Waals surface area contributed by atoms with Crippen molar-refractivity contribution < 1.29 is 5.11 Å². The Bertz CT molecular complexity index is 407. The molecule has 3 rings (SSSR count). The van der Waals surface area contributed by atoms with E-state index in [0.717, 1.165) is 32.1 Å². The van der Waals surface area contributed by atoms with Gasteiger partial charge >= 0.3 is 0 Å². The molecule has 1 aromatic rings. The minimum atomic E-state index is -0.0663. The molecule has 1 unspecified atom stereocenters. The van der Waals surface area contributed by atoms with Gasteiger partial charge in [0, 0.05) is 30.4 Å². The van der Waals surface area contributed by atoms with E-state index >= 15 is 0 Å². The minimum Gasteiger partial charge on any atom is -0.393 e. The summed E-state index contributed by atoms with van der Waals surface area (Å²) in [6.45, 7) is 0. The highest BCUT2D eigenvalue weighted by molar-refractivity contribution is 5.24. The van der Waals surface area contributed by atoms with E-state index in [4.69, 9.17) is 0 Å². The summed E-state index contributed by atoms with van der Waals surface area (Å²) >= 11 is 0. The number of aromatic nitrogens is 2. The molecular weight excluding hydrogens is 226 g/mol. The Kier molecular flexibility index (Phi) is 3.39. The first-order chi connectivity index (χ1) is 8.74. The van der Waals surface area contributed by atoms with Crippen molar-refractivity contribution in [1.29, 1.82) is 0 Å². The second-order valence-corrected chi connectivity index (χ2v) is 5.79. The van der Waals surface area contributed by atoms with Gasteiger partial charge in [-0.05, 0) is 44.9 Å². The lowest BCUT2D eigenvalue weighted by molar-refractivity contribution is 0.113. The van der Waals surface area contributed by atoms with E-state index in [1.54, 1.807) is 0 Å². The largest absolute Gasteiger partial charge is 0.393 e. The molecule has 0 aromatic carbocycles. The van der Waals surface area contributed by atoms with Gasteiger partial charge in [-0.15, -0.1) is 0 Å². The van der Waals surface area contributed by atoms with Crippen LogP contribution in [0, 0.1) is 0 Å². The highest BCUT2D eigenvalue weighted by Gasteiger charge is 2.27. The Hall–Kier alpha value is -0.870. The van der Waals surface area contributed by atoms with Crippen molar-refractivity contribution in [2.75, 3.05) is 0 Å². The fourth-order valence-electron chi connectivity index (χ4n) is 3.41. The monoisotopic (exact) mass is 249 g/mol. The molecule has 1 atom stereocenters. The molecule has 0 radical (unpaired) electrons. The molecule has 2 aliphatic rings. The minimum absolute atomic E-state index is 0.0663.